The fourth-order valence-electron chi connectivity index (χ4n) is 3.97. The van der Waals surface area contributed by atoms with Crippen LogP contribution in [0.5, 0.6) is 11.9 Å². The molecule has 0 bridgehead atoms. The number of carbonyl (C=O) groups is 2. The summed E-state index contributed by atoms with van der Waals surface area (Å²) < 4.78 is 22.7. The summed E-state index contributed by atoms with van der Waals surface area (Å²) in [6.45, 7) is 13.0. The van der Waals surface area contributed by atoms with Gasteiger partial charge in [-0.1, -0.05) is 0 Å². The zero-order valence-corrected chi connectivity index (χ0v) is 21.2. The maximum atomic E-state index is 12.5. The Bertz CT molecular complexity index is 785. The van der Waals surface area contributed by atoms with Crippen LogP contribution < -0.4 is 9.47 Å². The quantitative estimate of drug-likeness (QED) is 0.604. The molecule has 10 heteroatoms. The molecule has 1 aromatic heterocycles. The van der Waals surface area contributed by atoms with Gasteiger partial charge in [0.15, 0.2) is 0 Å². The van der Waals surface area contributed by atoms with Crippen LogP contribution >= 0.6 is 0 Å². The molecule has 1 aromatic rings. The fourth-order valence-corrected chi connectivity index (χ4v) is 3.97. The molecule has 0 N–H and O–H groups in total. The third-order valence-corrected chi connectivity index (χ3v) is 5.45. The molecule has 0 saturated carbocycles. The molecule has 2 atom stereocenters. The van der Waals surface area contributed by atoms with Crippen molar-refractivity contribution in [2.24, 2.45) is 0 Å². The van der Waals surface area contributed by atoms with Gasteiger partial charge in [-0.25, -0.2) is 14.6 Å². The third kappa shape index (κ3) is 7.63. The van der Waals surface area contributed by atoms with Crippen molar-refractivity contribution in [1.29, 1.82) is 0 Å². The number of amides is 2. The Kier molecular flexibility index (Phi) is 8.09. The summed E-state index contributed by atoms with van der Waals surface area (Å²) in [4.78, 5) is 36.8. The van der Waals surface area contributed by atoms with Crippen molar-refractivity contribution in [1.82, 2.24) is 19.8 Å². The topological polar surface area (TPSA) is 103 Å². The lowest BCUT2D eigenvalue weighted by Gasteiger charge is -2.28. The van der Waals surface area contributed by atoms with E-state index in [1.807, 2.05) is 41.5 Å². The van der Waals surface area contributed by atoms with Crippen molar-refractivity contribution in [2.75, 3.05) is 26.3 Å². The SMILES string of the molecule is CC(C)(C)OC(=O)N1CCC[C@@H]1COc1ccnc(OC[C@H]2CCCN2C(=O)OC(C)(C)C)n1. The molecule has 190 valence electrons. The average molecular weight is 479 g/mol. The van der Waals surface area contributed by atoms with E-state index < -0.39 is 11.2 Å². The molecule has 0 aliphatic carbocycles. The molecular formula is C24H38N4O6. The Morgan fingerprint density at radius 3 is 1.88 bits per heavy atom. The first-order valence-corrected chi connectivity index (χ1v) is 12.0. The van der Waals surface area contributed by atoms with Gasteiger partial charge < -0.3 is 28.7 Å². The zero-order chi connectivity index (χ0) is 24.9. The molecular weight excluding hydrogens is 440 g/mol. The number of nitrogens with zero attached hydrogens (tertiary/aromatic N) is 4. The van der Waals surface area contributed by atoms with Crippen LogP contribution in [-0.4, -0.2) is 81.5 Å². The van der Waals surface area contributed by atoms with E-state index in [2.05, 4.69) is 9.97 Å². The van der Waals surface area contributed by atoms with Gasteiger partial charge in [0.25, 0.3) is 0 Å². The van der Waals surface area contributed by atoms with Crippen LogP contribution in [0, 0.1) is 0 Å². The first-order chi connectivity index (χ1) is 15.9. The van der Waals surface area contributed by atoms with Gasteiger partial charge in [-0.3, -0.25) is 0 Å². The minimum atomic E-state index is -0.543. The van der Waals surface area contributed by atoms with E-state index in [-0.39, 0.29) is 36.9 Å². The zero-order valence-electron chi connectivity index (χ0n) is 21.2. The molecule has 0 aromatic carbocycles. The van der Waals surface area contributed by atoms with Gasteiger partial charge in [-0.05, 0) is 67.2 Å². The lowest BCUT2D eigenvalue weighted by molar-refractivity contribution is 0.0179. The smallest absolute Gasteiger partial charge is 0.410 e. The summed E-state index contributed by atoms with van der Waals surface area (Å²) in [5, 5.41) is 0. The number of hydrogen-bond acceptors (Lipinski definition) is 8. The van der Waals surface area contributed by atoms with E-state index in [9.17, 15) is 9.59 Å². The van der Waals surface area contributed by atoms with Gasteiger partial charge in [0.1, 0.15) is 24.4 Å². The molecule has 2 saturated heterocycles. The highest BCUT2D eigenvalue weighted by Crippen LogP contribution is 2.23. The maximum Gasteiger partial charge on any atom is 0.410 e. The fraction of sp³-hybridized carbons (Fsp3) is 0.750. The van der Waals surface area contributed by atoms with E-state index in [0.29, 0.717) is 25.6 Å². The van der Waals surface area contributed by atoms with Gasteiger partial charge in [-0.15, -0.1) is 0 Å². The number of likely N-dealkylation sites (tertiary alicyclic amines) is 2. The van der Waals surface area contributed by atoms with E-state index in [4.69, 9.17) is 18.9 Å². The van der Waals surface area contributed by atoms with Crippen LogP contribution in [0.15, 0.2) is 12.3 Å². The van der Waals surface area contributed by atoms with Gasteiger partial charge >= 0.3 is 18.2 Å². The molecule has 34 heavy (non-hydrogen) atoms. The highest BCUT2D eigenvalue weighted by Gasteiger charge is 2.34. The highest BCUT2D eigenvalue weighted by molar-refractivity contribution is 5.69. The maximum absolute atomic E-state index is 12.5. The molecule has 2 fully saturated rings. The molecule has 0 spiro atoms. The van der Waals surface area contributed by atoms with Crippen molar-refractivity contribution >= 4 is 12.2 Å². The Labute approximate surface area is 201 Å². The van der Waals surface area contributed by atoms with Gasteiger partial charge in [-0.2, -0.15) is 4.98 Å². The molecule has 2 amide bonds. The van der Waals surface area contributed by atoms with E-state index in [1.54, 1.807) is 22.1 Å². The van der Waals surface area contributed by atoms with E-state index in [1.165, 1.54) is 0 Å². The normalized spacial score (nSPS) is 20.9. The Morgan fingerprint density at radius 1 is 0.882 bits per heavy atom. The number of aromatic nitrogens is 2. The molecule has 2 aliphatic rings. The lowest BCUT2D eigenvalue weighted by atomic mass is 10.2. The minimum absolute atomic E-state index is 0.0740. The Morgan fingerprint density at radius 2 is 1.38 bits per heavy atom. The Hall–Kier alpha value is -2.78. The molecule has 3 rings (SSSR count). The van der Waals surface area contributed by atoms with Gasteiger partial charge in [0, 0.05) is 25.4 Å². The predicted octanol–water partition coefficient (Wildman–Crippen LogP) is 4.03. The van der Waals surface area contributed by atoms with Crippen LogP contribution in [0.25, 0.3) is 0 Å². The number of ether oxygens (including phenoxy) is 4. The van der Waals surface area contributed by atoms with Crippen molar-refractivity contribution in [2.45, 2.75) is 90.5 Å². The summed E-state index contributed by atoms with van der Waals surface area (Å²) in [6.07, 6.45) is 4.39. The largest absolute Gasteiger partial charge is 0.475 e. The number of hydrogen-bond donors (Lipinski definition) is 0. The van der Waals surface area contributed by atoms with Crippen molar-refractivity contribution in [3.8, 4) is 11.9 Å². The second-order valence-electron chi connectivity index (χ2n) is 10.7. The second kappa shape index (κ2) is 10.7. The number of carbonyl (C=O) groups excluding carboxylic acids is 2. The average Bonchev–Trinajstić information content (AvgIpc) is 3.38. The first kappa shape index (κ1) is 25.8. The molecule has 0 radical (unpaired) electrons. The second-order valence-corrected chi connectivity index (χ2v) is 10.7. The molecule has 2 aliphatic heterocycles. The highest BCUT2D eigenvalue weighted by atomic mass is 16.6. The first-order valence-electron chi connectivity index (χ1n) is 12.0. The van der Waals surface area contributed by atoms with Crippen LogP contribution in [0.3, 0.4) is 0 Å². The van der Waals surface area contributed by atoms with Gasteiger partial charge in [0.2, 0.25) is 5.88 Å². The monoisotopic (exact) mass is 478 g/mol. The standard InChI is InChI=1S/C24H38N4O6/c1-23(2,3)33-21(29)27-13-7-9-17(27)15-31-19-11-12-25-20(26-19)32-16-18-10-8-14-28(18)22(30)34-24(4,5)6/h11-12,17-18H,7-10,13-16H2,1-6H3/t17-,18-/m1/s1. The summed E-state index contributed by atoms with van der Waals surface area (Å²) >= 11 is 0. The summed E-state index contributed by atoms with van der Waals surface area (Å²) in [5.74, 6) is 0.372. The summed E-state index contributed by atoms with van der Waals surface area (Å²) in [7, 11) is 0. The predicted molar refractivity (Wildman–Crippen MR) is 125 cm³/mol. The van der Waals surface area contributed by atoms with Gasteiger partial charge in [0.05, 0.1) is 12.1 Å². The van der Waals surface area contributed by atoms with E-state index in [0.717, 1.165) is 25.7 Å². The summed E-state index contributed by atoms with van der Waals surface area (Å²) in [6, 6.07) is 1.67. The third-order valence-electron chi connectivity index (χ3n) is 5.45. The van der Waals surface area contributed by atoms with Crippen LogP contribution in [0.4, 0.5) is 9.59 Å². The van der Waals surface area contributed by atoms with E-state index >= 15 is 0 Å². The molecule has 0 unspecified atom stereocenters. The minimum Gasteiger partial charge on any atom is -0.475 e. The van der Waals surface area contributed by atoms with Crippen LogP contribution in [-0.2, 0) is 9.47 Å². The molecule has 10 nitrogen and oxygen atoms in total. The van der Waals surface area contributed by atoms with Crippen molar-refractivity contribution in [3.63, 3.8) is 0 Å². The van der Waals surface area contributed by atoms with Crippen molar-refractivity contribution in [3.05, 3.63) is 12.3 Å². The lowest BCUT2D eigenvalue weighted by Crippen LogP contribution is -2.42. The van der Waals surface area contributed by atoms with Crippen molar-refractivity contribution < 1.29 is 28.5 Å². The van der Waals surface area contributed by atoms with Crippen LogP contribution in [0.2, 0.25) is 0 Å². The van der Waals surface area contributed by atoms with Crippen LogP contribution in [0.1, 0.15) is 67.2 Å². The molecule has 3 heterocycles. The Balaban J connectivity index is 1.51. The number of rotatable bonds is 6. The summed E-state index contributed by atoms with van der Waals surface area (Å²) in [5.41, 5.74) is -1.08.